The van der Waals surface area contributed by atoms with Crippen LogP contribution in [0.4, 0.5) is 5.69 Å². The Morgan fingerprint density at radius 2 is 1.95 bits per heavy atom. The first-order chi connectivity index (χ1) is 9.35. The van der Waals surface area contributed by atoms with Gasteiger partial charge in [-0.05, 0) is 25.5 Å². The summed E-state index contributed by atoms with van der Waals surface area (Å²) in [5.41, 5.74) is 5.85. The largest absolute Gasteiger partial charge is 0.351 e. The third-order valence-electron chi connectivity index (χ3n) is 2.47. The van der Waals surface area contributed by atoms with Crippen molar-refractivity contribution in [2.45, 2.75) is 19.6 Å². The van der Waals surface area contributed by atoms with E-state index in [1.54, 1.807) is 13.8 Å². The Balaban J connectivity index is 3.18. The zero-order valence-corrected chi connectivity index (χ0v) is 12.8. The Labute approximate surface area is 121 Å². The maximum absolute atomic E-state index is 12.5. The Kier molecular flexibility index (Phi) is 6.10. The van der Waals surface area contributed by atoms with Crippen molar-refractivity contribution in [3.05, 3.63) is 38.9 Å². The van der Waals surface area contributed by atoms with Crippen LogP contribution in [-0.2, 0) is 13.6 Å². The highest BCUT2D eigenvalue weighted by Crippen LogP contribution is 2.58. The summed E-state index contributed by atoms with van der Waals surface area (Å²) in [6.45, 7) is 3.62. The predicted octanol–water partition coefficient (Wildman–Crippen LogP) is 3.47. The van der Waals surface area contributed by atoms with Crippen LogP contribution >= 0.6 is 19.2 Å². The minimum absolute atomic E-state index is 0.0198. The van der Waals surface area contributed by atoms with Gasteiger partial charge in [-0.1, -0.05) is 17.7 Å². The number of nitro benzene ring substituents is 1. The monoisotopic (exact) mass is 322 g/mol. The molecular formula is C11H16ClN2O5P. The van der Waals surface area contributed by atoms with Gasteiger partial charge in [-0.25, -0.2) is 0 Å². The zero-order valence-electron chi connectivity index (χ0n) is 11.1. The molecule has 0 unspecified atom stereocenters. The van der Waals surface area contributed by atoms with Crippen LogP contribution in [0.3, 0.4) is 0 Å². The lowest BCUT2D eigenvalue weighted by Gasteiger charge is -2.23. The van der Waals surface area contributed by atoms with Crippen LogP contribution in [0.25, 0.3) is 0 Å². The highest BCUT2D eigenvalue weighted by atomic mass is 35.5. The molecule has 112 valence electrons. The third-order valence-corrected chi connectivity index (χ3v) is 5.00. The average Bonchev–Trinajstić information content (AvgIpc) is 2.38. The summed E-state index contributed by atoms with van der Waals surface area (Å²) in [7, 11) is -3.59. The third kappa shape index (κ3) is 3.77. The number of halogens is 1. The second-order valence-corrected chi connectivity index (χ2v) is 6.35. The summed E-state index contributed by atoms with van der Waals surface area (Å²) in [5, 5.41) is 10.8. The standard InChI is InChI=1S/C11H16ClN2O5P/c1-3-18-20(17,19-4-2)11(13)8-5-6-9(12)10(7-8)14(15)16/h5-7,11H,3-4,13H2,1-2H3/t11-/m0/s1. The Bertz CT molecular complexity index is 530. The summed E-state index contributed by atoms with van der Waals surface area (Å²) < 4.78 is 22.8. The first-order valence-corrected chi connectivity index (χ1v) is 7.93. The van der Waals surface area contributed by atoms with Crippen LogP contribution in [0.15, 0.2) is 18.2 Å². The number of nitrogens with zero attached hydrogens (tertiary/aromatic N) is 1. The molecule has 0 saturated carbocycles. The van der Waals surface area contributed by atoms with Gasteiger partial charge >= 0.3 is 7.60 Å². The van der Waals surface area contributed by atoms with Crippen molar-refractivity contribution in [3.8, 4) is 0 Å². The topological polar surface area (TPSA) is 105 Å². The number of nitro groups is 1. The van der Waals surface area contributed by atoms with Crippen molar-refractivity contribution in [2.75, 3.05) is 13.2 Å². The Morgan fingerprint density at radius 3 is 2.40 bits per heavy atom. The number of nitrogens with two attached hydrogens (primary N) is 1. The minimum Gasteiger partial charge on any atom is -0.314 e. The van der Waals surface area contributed by atoms with E-state index in [-0.39, 0.29) is 29.5 Å². The molecule has 1 aromatic carbocycles. The van der Waals surface area contributed by atoms with Crippen LogP contribution in [0.2, 0.25) is 5.02 Å². The van der Waals surface area contributed by atoms with E-state index >= 15 is 0 Å². The van der Waals surface area contributed by atoms with E-state index in [0.717, 1.165) is 0 Å². The van der Waals surface area contributed by atoms with Gasteiger partial charge in [-0.15, -0.1) is 0 Å². The SMILES string of the molecule is CCOP(=O)(OCC)[C@H](N)c1ccc(Cl)c([N+](=O)[O-])c1. The molecule has 0 aliphatic heterocycles. The van der Waals surface area contributed by atoms with Crippen molar-refractivity contribution in [2.24, 2.45) is 5.73 Å². The molecule has 0 fully saturated rings. The zero-order chi connectivity index (χ0) is 15.3. The summed E-state index contributed by atoms with van der Waals surface area (Å²) in [5.74, 6) is -1.11. The van der Waals surface area contributed by atoms with E-state index in [1.807, 2.05) is 0 Å². The Hall–Kier alpha value is -0.980. The van der Waals surface area contributed by atoms with Crippen LogP contribution in [-0.4, -0.2) is 18.1 Å². The second kappa shape index (κ2) is 7.15. The molecular weight excluding hydrogens is 307 g/mol. The minimum atomic E-state index is -3.59. The predicted molar refractivity (Wildman–Crippen MR) is 75.9 cm³/mol. The van der Waals surface area contributed by atoms with Gasteiger partial charge in [0, 0.05) is 6.07 Å². The fraction of sp³-hybridized carbons (Fsp3) is 0.455. The van der Waals surface area contributed by atoms with Crippen molar-refractivity contribution in [1.82, 2.24) is 0 Å². The number of hydrogen-bond acceptors (Lipinski definition) is 6. The van der Waals surface area contributed by atoms with Gasteiger partial charge in [0.05, 0.1) is 18.1 Å². The summed E-state index contributed by atoms with van der Waals surface area (Å²) in [4.78, 5) is 10.2. The van der Waals surface area contributed by atoms with E-state index in [9.17, 15) is 14.7 Å². The van der Waals surface area contributed by atoms with E-state index in [1.165, 1.54) is 18.2 Å². The van der Waals surface area contributed by atoms with Gasteiger partial charge in [0.25, 0.3) is 5.69 Å². The molecule has 1 atom stereocenters. The number of benzene rings is 1. The first kappa shape index (κ1) is 17.1. The van der Waals surface area contributed by atoms with E-state index in [4.69, 9.17) is 26.4 Å². The van der Waals surface area contributed by atoms with Crippen molar-refractivity contribution in [3.63, 3.8) is 0 Å². The molecule has 0 aliphatic rings. The number of rotatable bonds is 7. The molecule has 1 rings (SSSR count). The Morgan fingerprint density at radius 1 is 1.40 bits per heavy atom. The molecule has 0 radical (unpaired) electrons. The number of hydrogen-bond donors (Lipinski definition) is 1. The van der Waals surface area contributed by atoms with Crippen LogP contribution in [0, 0.1) is 10.1 Å². The van der Waals surface area contributed by atoms with Gasteiger partial charge < -0.3 is 14.8 Å². The molecule has 1 aromatic rings. The highest BCUT2D eigenvalue weighted by Gasteiger charge is 2.34. The average molecular weight is 323 g/mol. The second-order valence-electron chi connectivity index (χ2n) is 3.79. The lowest BCUT2D eigenvalue weighted by atomic mass is 10.2. The molecule has 7 nitrogen and oxygen atoms in total. The quantitative estimate of drug-likeness (QED) is 0.468. The molecule has 0 heterocycles. The molecule has 0 amide bonds. The lowest BCUT2D eigenvalue weighted by molar-refractivity contribution is -0.384. The highest BCUT2D eigenvalue weighted by molar-refractivity contribution is 7.54. The summed E-state index contributed by atoms with van der Waals surface area (Å²) in [6, 6.07) is 3.97. The molecule has 0 aromatic heterocycles. The first-order valence-electron chi connectivity index (χ1n) is 5.94. The summed E-state index contributed by atoms with van der Waals surface area (Å²) in [6.07, 6.45) is 0. The van der Waals surface area contributed by atoms with Crippen molar-refractivity contribution < 1.29 is 18.5 Å². The molecule has 0 spiro atoms. The van der Waals surface area contributed by atoms with Crippen LogP contribution in [0.5, 0.6) is 0 Å². The lowest BCUT2D eigenvalue weighted by Crippen LogP contribution is -2.15. The molecule has 9 heteroatoms. The van der Waals surface area contributed by atoms with Crippen molar-refractivity contribution >= 4 is 24.9 Å². The van der Waals surface area contributed by atoms with Gasteiger partial charge in [-0.2, -0.15) is 0 Å². The van der Waals surface area contributed by atoms with Gasteiger partial charge in [0.2, 0.25) is 0 Å². The fourth-order valence-electron chi connectivity index (χ4n) is 1.59. The van der Waals surface area contributed by atoms with E-state index < -0.39 is 18.3 Å². The van der Waals surface area contributed by atoms with Crippen LogP contribution in [0.1, 0.15) is 25.2 Å². The van der Waals surface area contributed by atoms with Crippen molar-refractivity contribution in [1.29, 1.82) is 0 Å². The van der Waals surface area contributed by atoms with Crippen LogP contribution < -0.4 is 5.73 Å². The molecule has 0 bridgehead atoms. The normalized spacial score (nSPS) is 13.2. The van der Waals surface area contributed by atoms with Gasteiger partial charge in [0.15, 0.2) is 0 Å². The van der Waals surface area contributed by atoms with Gasteiger partial charge in [0.1, 0.15) is 10.8 Å². The molecule has 20 heavy (non-hydrogen) atoms. The molecule has 2 N–H and O–H groups in total. The maximum atomic E-state index is 12.5. The smallest absolute Gasteiger partial charge is 0.314 e. The van der Waals surface area contributed by atoms with E-state index in [0.29, 0.717) is 0 Å². The fourth-order valence-corrected chi connectivity index (χ4v) is 3.42. The molecule has 0 aliphatic carbocycles. The maximum Gasteiger partial charge on any atom is 0.351 e. The van der Waals surface area contributed by atoms with Gasteiger partial charge in [-0.3, -0.25) is 14.7 Å². The summed E-state index contributed by atoms with van der Waals surface area (Å²) >= 11 is 5.72. The van der Waals surface area contributed by atoms with E-state index in [2.05, 4.69) is 0 Å². The molecule has 0 saturated heterocycles.